The molecule has 172 valence electrons. The fourth-order valence-electron chi connectivity index (χ4n) is 3.05. The monoisotopic (exact) mass is 494 g/mol. The first-order chi connectivity index (χ1) is 15.3. The molecule has 0 saturated heterocycles. The van der Waals surface area contributed by atoms with Crippen LogP contribution in [0.2, 0.25) is 0 Å². The maximum absolute atomic E-state index is 12.6. The second kappa shape index (κ2) is 11.0. The largest absolute Gasteiger partial charge is 0.508 e. The van der Waals surface area contributed by atoms with Crippen LogP contribution in [0.25, 0.3) is 11.0 Å². The number of para-hydroxylation sites is 2. The lowest BCUT2D eigenvalue weighted by Crippen LogP contribution is -2.20. The van der Waals surface area contributed by atoms with E-state index < -0.39 is 20.8 Å². The Bertz CT molecular complexity index is 1220. The fraction of sp³-hybridized carbons (Fsp3) is 0.333. The van der Waals surface area contributed by atoms with Gasteiger partial charge in [-0.1, -0.05) is 18.2 Å². The molecule has 0 fully saturated rings. The summed E-state index contributed by atoms with van der Waals surface area (Å²) in [7, 11) is -4.79. The number of benzene rings is 2. The lowest BCUT2D eigenvalue weighted by Gasteiger charge is -2.16. The minimum atomic E-state index is -3.73. The van der Waals surface area contributed by atoms with Crippen LogP contribution in [0.15, 0.2) is 42.5 Å². The van der Waals surface area contributed by atoms with Crippen LogP contribution in [-0.2, 0) is 27.2 Å². The van der Waals surface area contributed by atoms with Crippen molar-refractivity contribution in [3.63, 3.8) is 0 Å². The van der Waals surface area contributed by atoms with Gasteiger partial charge >= 0.3 is 0 Å². The van der Waals surface area contributed by atoms with E-state index in [0.717, 1.165) is 17.7 Å². The molecular weight excluding hydrogens is 468 g/mol. The molecule has 3 rings (SSSR count). The van der Waals surface area contributed by atoms with Crippen LogP contribution in [0.4, 0.5) is 17.3 Å². The maximum Gasteiger partial charge on any atom is 0.234 e. The molecule has 3 aromatic rings. The zero-order chi connectivity index (χ0) is 23.1. The summed E-state index contributed by atoms with van der Waals surface area (Å²) >= 11 is 1.71. The number of hydrogen-bond acceptors (Lipinski definition) is 8. The topological polar surface area (TPSA) is 121 Å². The molecule has 1 aromatic heterocycles. The van der Waals surface area contributed by atoms with E-state index in [2.05, 4.69) is 20.0 Å². The first-order valence-corrected chi connectivity index (χ1v) is 14.7. The van der Waals surface area contributed by atoms with Crippen molar-refractivity contribution in [1.29, 1.82) is 0 Å². The Morgan fingerprint density at radius 2 is 1.78 bits per heavy atom. The van der Waals surface area contributed by atoms with Gasteiger partial charge in [0.2, 0.25) is 10.0 Å². The normalized spacial score (nSPS) is 12.6. The summed E-state index contributed by atoms with van der Waals surface area (Å²) in [6.45, 7) is 0. The first-order valence-electron chi connectivity index (χ1n) is 9.92. The molecule has 0 spiro atoms. The number of fused-ring (bicyclic) bond motifs is 1. The molecule has 1 atom stereocenters. The van der Waals surface area contributed by atoms with Gasteiger partial charge in [0.25, 0.3) is 0 Å². The highest BCUT2D eigenvalue weighted by Gasteiger charge is 2.18. The van der Waals surface area contributed by atoms with Crippen molar-refractivity contribution in [3.05, 3.63) is 48.0 Å². The highest BCUT2D eigenvalue weighted by molar-refractivity contribution is 7.98. The highest BCUT2D eigenvalue weighted by Crippen LogP contribution is 2.30. The second-order valence-electron chi connectivity index (χ2n) is 7.17. The van der Waals surface area contributed by atoms with E-state index in [1.165, 1.54) is 0 Å². The summed E-state index contributed by atoms with van der Waals surface area (Å²) < 4.78 is 39.1. The number of phenolic OH excluding ortho intramolecular Hbond substituents is 1. The van der Waals surface area contributed by atoms with E-state index in [0.29, 0.717) is 22.5 Å². The summed E-state index contributed by atoms with van der Waals surface area (Å²) in [5, 5.41) is 13.2. The number of phenols is 1. The highest BCUT2D eigenvalue weighted by atomic mass is 32.2. The third kappa shape index (κ3) is 6.81. The van der Waals surface area contributed by atoms with Gasteiger partial charge in [-0.15, -0.1) is 0 Å². The van der Waals surface area contributed by atoms with Gasteiger partial charge in [0.15, 0.2) is 11.6 Å². The number of aromatic hydroxyl groups is 1. The van der Waals surface area contributed by atoms with E-state index in [9.17, 15) is 17.7 Å². The van der Waals surface area contributed by atoms with E-state index in [-0.39, 0.29) is 29.6 Å². The summed E-state index contributed by atoms with van der Waals surface area (Å²) in [4.78, 5) is 9.05. The van der Waals surface area contributed by atoms with Crippen molar-refractivity contribution < 1.29 is 17.7 Å². The number of sulfonamides is 1. The molecule has 0 saturated carbocycles. The molecule has 0 aliphatic rings. The van der Waals surface area contributed by atoms with Crippen LogP contribution in [0.5, 0.6) is 5.75 Å². The summed E-state index contributed by atoms with van der Waals surface area (Å²) in [5.41, 5.74) is 2.74. The van der Waals surface area contributed by atoms with Gasteiger partial charge in [0, 0.05) is 34.6 Å². The molecule has 3 N–H and O–H groups in total. The van der Waals surface area contributed by atoms with Crippen molar-refractivity contribution in [2.75, 3.05) is 39.8 Å². The van der Waals surface area contributed by atoms with Gasteiger partial charge in [-0.3, -0.25) is 8.93 Å². The Morgan fingerprint density at radius 1 is 1.09 bits per heavy atom. The molecule has 0 aliphatic carbocycles. The van der Waals surface area contributed by atoms with Crippen LogP contribution in [0.3, 0.4) is 0 Å². The van der Waals surface area contributed by atoms with Crippen LogP contribution >= 0.6 is 11.8 Å². The smallest absolute Gasteiger partial charge is 0.234 e. The van der Waals surface area contributed by atoms with Crippen molar-refractivity contribution in [2.24, 2.45) is 0 Å². The Labute approximate surface area is 194 Å². The standard InChI is InChI=1S/C21H26N4O4S3/c1-30-11-10-15-8-9-16(26)14-19(15)24-20-21(23-18-7-4-3-6-17(18)22-20)25-32(28,29)13-5-12-31(2)27/h3-4,6-9,14,26H,5,10-13H2,1-2H3,(H,22,24)(H,23,25). The fourth-order valence-corrected chi connectivity index (χ4v) is 5.27. The van der Waals surface area contributed by atoms with Crippen molar-refractivity contribution in [1.82, 2.24) is 9.97 Å². The summed E-state index contributed by atoms with van der Waals surface area (Å²) in [5.74, 6) is 1.41. The van der Waals surface area contributed by atoms with E-state index >= 15 is 0 Å². The Morgan fingerprint density at radius 3 is 2.44 bits per heavy atom. The number of nitrogens with one attached hydrogen (secondary N) is 2. The number of anilines is 3. The third-order valence-corrected chi connectivity index (χ3v) is 7.40. The average Bonchev–Trinajstić information content (AvgIpc) is 2.73. The number of thioether (sulfide) groups is 1. The minimum absolute atomic E-state index is 0.0699. The van der Waals surface area contributed by atoms with Crippen molar-refractivity contribution in [3.8, 4) is 5.75 Å². The van der Waals surface area contributed by atoms with Crippen molar-refractivity contribution in [2.45, 2.75) is 12.8 Å². The molecule has 0 radical (unpaired) electrons. The maximum atomic E-state index is 12.6. The molecule has 2 aromatic carbocycles. The molecule has 32 heavy (non-hydrogen) atoms. The van der Waals surface area contributed by atoms with Gasteiger partial charge in [-0.25, -0.2) is 18.4 Å². The molecule has 8 nitrogen and oxygen atoms in total. The number of nitrogens with zero attached hydrogens (tertiary/aromatic N) is 2. The quantitative estimate of drug-likeness (QED) is 0.370. The Balaban J connectivity index is 1.97. The predicted molar refractivity (Wildman–Crippen MR) is 134 cm³/mol. The second-order valence-corrected chi connectivity index (χ2v) is 11.6. The first kappa shape index (κ1) is 24.3. The van der Waals surface area contributed by atoms with Gasteiger partial charge < -0.3 is 10.4 Å². The SMILES string of the molecule is CSCCc1ccc(O)cc1Nc1nc2ccccc2nc1NS(=O)(=O)CCCS(C)=O. The van der Waals surface area contributed by atoms with Gasteiger partial charge in [-0.05, 0) is 48.6 Å². The van der Waals surface area contributed by atoms with Gasteiger partial charge in [0.05, 0.1) is 16.8 Å². The molecule has 0 bridgehead atoms. The number of aromatic nitrogens is 2. The molecule has 1 heterocycles. The lowest BCUT2D eigenvalue weighted by atomic mass is 10.1. The molecule has 1 unspecified atom stereocenters. The minimum Gasteiger partial charge on any atom is -0.508 e. The molecule has 0 amide bonds. The van der Waals surface area contributed by atoms with E-state index in [4.69, 9.17) is 0 Å². The Kier molecular flexibility index (Phi) is 8.32. The van der Waals surface area contributed by atoms with E-state index in [1.807, 2.05) is 18.4 Å². The van der Waals surface area contributed by atoms with Gasteiger partial charge in [0.1, 0.15) is 5.75 Å². The lowest BCUT2D eigenvalue weighted by molar-refractivity contribution is 0.475. The van der Waals surface area contributed by atoms with Crippen LogP contribution in [-0.4, -0.2) is 57.5 Å². The Hall–Kier alpha value is -2.37. The van der Waals surface area contributed by atoms with Crippen LogP contribution < -0.4 is 10.0 Å². The van der Waals surface area contributed by atoms with Crippen LogP contribution in [0, 0.1) is 0 Å². The average molecular weight is 495 g/mol. The zero-order valence-electron chi connectivity index (χ0n) is 17.9. The number of hydrogen-bond donors (Lipinski definition) is 3. The third-order valence-electron chi connectivity index (χ3n) is 4.59. The van der Waals surface area contributed by atoms with Gasteiger partial charge in [-0.2, -0.15) is 11.8 Å². The summed E-state index contributed by atoms with van der Waals surface area (Å²) in [6, 6.07) is 12.2. The predicted octanol–water partition coefficient (Wildman–Crippen LogP) is 3.49. The molecule has 11 heteroatoms. The zero-order valence-corrected chi connectivity index (χ0v) is 20.3. The van der Waals surface area contributed by atoms with Crippen LogP contribution in [0.1, 0.15) is 12.0 Å². The van der Waals surface area contributed by atoms with E-state index in [1.54, 1.807) is 48.3 Å². The summed E-state index contributed by atoms with van der Waals surface area (Å²) in [6.07, 6.45) is 4.59. The number of aryl methyl sites for hydroxylation is 1. The van der Waals surface area contributed by atoms with Crippen molar-refractivity contribution >= 4 is 60.9 Å². The number of rotatable bonds is 11. The molecular formula is C21H26N4O4S3. The molecule has 0 aliphatic heterocycles.